The summed E-state index contributed by atoms with van der Waals surface area (Å²) in [5, 5.41) is 3.11. The van der Waals surface area contributed by atoms with E-state index < -0.39 is 0 Å². The van der Waals surface area contributed by atoms with Crippen LogP contribution in [0.25, 0.3) is 0 Å². The van der Waals surface area contributed by atoms with Crippen molar-refractivity contribution in [2.45, 2.75) is 59.7 Å². The number of nitrogens with zero attached hydrogens (tertiary/aromatic N) is 1. The molecule has 0 saturated carbocycles. The van der Waals surface area contributed by atoms with E-state index in [1.807, 2.05) is 13.8 Å². The van der Waals surface area contributed by atoms with Crippen molar-refractivity contribution in [1.29, 1.82) is 0 Å². The lowest BCUT2D eigenvalue weighted by atomic mass is 10.2. The van der Waals surface area contributed by atoms with E-state index in [0.717, 1.165) is 13.1 Å². The van der Waals surface area contributed by atoms with Crippen LogP contribution in [0.4, 0.5) is 0 Å². The number of hydrogen-bond acceptors (Lipinski definition) is 4. The van der Waals surface area contributed by atoms with Gasteiger partial charge in [-0.3, -0.25) is 9.69 Å². The van der Waals surface area contributed by atoms with Gasteiger partial charge in [0.05, 0.1) is 12.6 Å². The Kier molecular flexibility index (Phi) is 8.17. The highest BCUT2D eigenvalue weighted by molar-refractivity contribution is 5.71. The second kappa shape index (κ2) is 8.48. The molecular weight excluding hydrogens is 216 g/mol. The van der Waals surface area contributed by atoms with Gasteiger partial charge in [-0.25, -0.2) is 0 Å². The molecule has 1 N–H and O–H groups in total. The van der Waals surface area contributed by atoms with E-state index in [2.05, 4.69) is 37.9 Å². The van der Waals surface area contributed by atoms with Crippen LogP contribution in [0.1, 0.15) is 41.5 Å². The molecule has 0 rings (SSSR count). The Morgan fingerprint density at radius 1 is 1.12 bits per heavy atom. The Hall–Kier alpha value is -0.610. The van der Waals surface area contributed by atoms with Gasteiger partial charge >= 0.3 is 5.97 Å². The van der Waals surface area contributed by atoms with Crippen LogP contribution in [0, 0.1) is 0 Å². The molecule has 0 saturated heterocycles. The standard InChI is InChI=1S/C13H28N2O2/c1-10(2)15(11(3)4)8-7-14-9-13(16)17-12(5)6/h10-12,14H,7-9H2,1-6H3. The molecular formula is C13H28N2O2. The molecule has 0 spiro atoms. The van der Waals surface area contributed by atoms with Gasteiger partial charge in [-0.05, 0) is 41.5 Å². The Bertz CT molecular complexity index is 207. The fourth-order valence-electron chi connectivity index (χ4n) is 1.82. The minimum Gasteiger partial charge on any atom is -0.462 e. The van der Waals surface area contributed by atoms with Crippen LogP contribution < -0.4 is 5.32 Å². The summed E-state index contributed by atoms with van der Waals surface area (Å²) in [6.45, 7) is 14.5. The van der Waals surface area contributed by atoms with Crippen LogP contribution in [0.5, 0.6) is 0 Å². The highest BCUT2D eigenvalue weighted by atomic mass is 16.5. The molecule has 4 heteroatoms. The van der Waals surface area contributed by atoms with Crippen molar-refractivity contribution >= 4 is 5.97 Å². The predicted octanol–water partition coefficient (Wildman–Crippen LogP) is 1.65. The molecule has 0 aliphatic rings. The molecule has 102 valence electrons. The maximum absolute atomic E-state index is 11.3. The monoisotopic (exact) mass is 244 g/mol. The van der Waals surface area contributed by atoms with Crippen molar-refractivity contribution in [3.8, 4) is 0 Å². The molecule has 0 aliphatic heterocycles. The first-order valence-corrected chi connectivity index (χ1v) is 6.50. The summed E-state index contributed by atoms with van der Waals surface area (Å²) in [6.07, 6.45) is -0.0351. The summed E-state index contributed by atoms with van der Waals surface area (Å²) in [5.41, 5.74) is 0. The molecule has 0 unspecified atom stereocenters. The summed E-state index contributed by atoms with van der Waals surface area (Å²) >= 11 is 0. The summed E-state index contributed by atoms with van der Waals surface area (Å²) in [4.78, 5) is 13.7. The maximum Gasteiger partial charge on any atom is 0.320 e. The molecule has 0 radical (unpaired) electrons. The van der Waals surface area contributed by atoms with Gasteiger partial charge < -0.3 is 10.1 Å². The summed E-state index contributed by atoms with van der Waals surface area (Å²) < 4.78 is 5.04. The number of rotatable bonds is 8. The lowest BCUT2D eigenvalue weighted by Crippen LogP contribution is -2.42. The van der Waals surface area contributed by atoms with Gasteiger partial charge in [0.1, 0.15) is 0 Å². The SMILES string of the molecule is CC(C)OC(=O)CNCCN(C(C)C)C(C)C. The van der Waals surface area contributed by atoms with Gasteiger partial charge in [-0.15, -0.1) is 0 Å². The van der Waals surface area contributed by atoms with Crippen LogP contribution in [0.15, 0.2) is 0 Å². The van der Waals surface area contributed by atoms with Gasteiger partial charge in [0.2, 0.25) is 0 Å². The van der Waals surface area contributed by atoms with E-state index >= 15 is 0 Å². The first-order valence-electron chi connectivity index (χ1n) is 6.50. The zero-order chi connectivity index (χ0) is 13.4. The first-order chi connectivity index (χ1) is 7.84. The molecule has 0 amide bonds. The largest absolute Gasteiger partial charge is 0.462 e. The highest BCUT2D eigenvalue weighted by Crippen LogP contribution is 2.03. The van der Waals surface area contributed by atoms with E-state index in [9.17, 15) is 4.79 Å². The molecule has 0 aromatic heterocycles. The third-order valence-electron chi connectivity index (χ3n) is 2.51. The first kappa shape index (κ1) is 16.4. The van der Waals surface area contributed by atoms with E-state index in [4.69, 9.17) is 4.74 Å². The minimum absolute atomic E-state index is 0.0351. The Balaban J connectivity index is 3.72. The second-order valence-corrected chi connectivity index (χ2v) is 5.14. The third kappa shape index (κ3) is 8.16. The van der Waals surface area contributed by atoms with Crippen molar-refractivity contribution in [3.05, 3.63) is 0 Å². The van der Waals surface area contributed by atoms with Crippen LogP contribution in [0.3, 0.4) is 0 Å². The Morgan fingerprint density at radius 3 is 2.06 bits per heavy atom. The van der Waals surface area contributed by atoms with Crippen LogP contribution in [-0.4, -0.2) is 48.7 Å². The second-order valence-electron chi connectivity index (χ2n) is 5.14. The smallest absolute Gasteiger partial charge is 0.320 e. The number of carbonyl (C=O) groups excluding carboxylic acids is 1. The van der Waals surface area contributed by atoms with E-state index in [-0.39, 0.29) is 12.1 Å². The van der Waals surface area contributed by atoms with Crippen molar-refractivity contribution in [2.75, 3.05) is 19.6 Å². The molecule has 0 aromatic rings. The average molecular weight is 244 g/mol. The van der Waals surface area contributed by atoms with E-state index in [0.29, 0.717) is 18.6 Å². The van der Waals surface area contributed by atoms with Crippen molar-refractivity contribution in [2.24, 2.45) is 0 Å². The Labute approximate surface area is 106 Å². The van der Waals surface area contributed by atoms with Gasteiger partial charge in [0.25, 0.3) is 0 Å². The molecule has 0 atom stereocenters. The molecule has 0 bridgehead atoms. The molecule has 0 heterocycles. The summed E-state index contributed by atoms with van der Waals surface area (Å²) in [5.74, 6) is -0.180. The van der Waals surface area contributed by atoms with Crippen molar-refractivity contribution in [3.63, 3.8) is 0 Å². The fraction of sp³-hybridized carbons (Fsp3) is 0.923. The number of esters is 1. The third-order valence-corrected chi connectivity index (χ3v) is 2.51. The van der Waals surface area contributed by atoms with Crippen LogP contribution in [-0.2, 0) is 9.53 Å². The molecule has 0 fully saturated rings. The predicted molar refractivity (Wildman–Crippen MR) is 71.1 cm³/mol. The molecule has 4 nitrogen and oxygen atoms in total. The lowest BCUT2D eigenvalue weighted by molar-refractivity contribution is -0.146. The number of ether oxygens (including phenoxy) is 1. The number of carbonyl (C=O) groups is 1. The van der Waals surface area contributed by atoms with Gasteiger partial charge in [-0.2, -0.15) is 0 Å². The highest BCUT2D eigenvalue weighted by Gasteiger charge is 2.12. The van der Waals surface area contributed by atoms with E-state index in [1.54, 1.807) is 0 Å². The van der Waals surface area contributed by atoms with Gasteiger partial charge in [0.15, 0.2) is 0 Å². The topological polar surface area (TPSA) is 41.6 Å². The minimum atomic E-state index is -0.180. The molecule has 0 aliphatic carbocycles. The summed E-state index contributed by atoms with van der Waals surface area (Å²) in [6, 6.07) is 1.05. The summed E-state index contributed by atoms with van der Waals surface area (Å²) in [7, 11) is 0. The normalized spacial score (nSPS) is 11.9. The number of hydrogen-bond donors (Lipinski definition) is 1. The van der Waals surface area contributed by atoms with E-state index in [1.165, 1.54) is 0 Å². The lowest BCUT2D eigenvalue weighted by Gasteiger charge is -2.30. The number of nitrogens with one attached hydrogen (secondary N) is 1. The van der Waals surface area contributed by atoms with Crippen molar-refractivity contribution < 1.29 is 9.53 Å². The maximum atomic E-state index is 11.3. The quantitative estimate of drug-likeness (QED) is 0.521. The van der Waals surface area contributed by atoms with Gasteiger partial charge in [0, 0.05) is 25.2 Å². The van der Waals surface area contributed by atoms with Gasteiger partial charge in [-0.1, -0.05) is 0 Å². The zero-order valence-corrected chi connectivity index (χ0v) is 12.1. The fourth-order valence-corrected chi connectivity index (χ4v) is 1.82. The van der Waals surface area contributed by atoms with Crippen LogP contribution >= 0.6 is 0 Å². The van der Waals surface area contributed by atoms with Crippen LogP contribution in [0.2, 0.25) is 0 Å². The Morgan fingerprint density at radius 2 is 1.65 bits per heavy atom. The zero-order valence-electron chi connectivity index (χ0n) is 12.1. The van der Waals surface area contributed by atoms with Crippen molar-refractivity contribution in [1.82, 2.24) is 10.2 Å². The molecule has 0 aromatic carbocycles. The molecule has 17 heavy (non-hydrogen) atoms. The average Bonchev–Trinajstić information content (AvgIpc) is 2.14.